The number of nitrogens with one attached hydrogen (secondary N) is 2. The number of aromatic nitrogens is 4. The van der Waals surface area contributed by atoms with Crippen LogP contribution in [0.25, 0.3) is 11.0 Å². The summed E-state index contributed by atoms with van der Waals surface area (Å²) in [6, 6.07) is 12.3. The summed E-state index contributed by atoms with van der Waals surface area (Å²) in [6.45, 7) is 1.63. The maximum Gasteiger partial charge on any atom is 0.242 e. The van der Waals surface area contributed by atoms with Gasteiger partial charge in [0, 0.05) is 45.0 Å². The van der Waals surface area contributed by atoms with Crippen molar-refractivity contribution < 1.29 is 13.5 Å². The quantitative estimate of drug-likeness (QED) is 0.363. The first-order valence-electron chi connectivity index (χ1n) is 11.9. The van der Waals surface area contributed by atoms with Gasteiger partial charge >= 0.3 is 0 Å². The highest BCUT2D eigenvalue weighted by molar-refractivity contribution is 7.89. The zero-order valence-electron chi connectivity index (χ0n) is 19.7. The molecule has 0 bridgehead atoms. The maximum atomic E-state index is 13.1. The number of likely N-dealkylation sites (N-methyl/N-ethyl adjacent to an activating group) is 1. The number of sulfonamides is 1. The number of H-pyrrole nitrogens is 1. The summed E-state index contributed by atoms with van der Waals surface area (Å²) in [6.07, 6.45) is 5.36. The van der Waals surface area contributed by atoms with Crippen LogP contribution in [0.15, 0.2) is 66.1 Å². The van der Waals surface area contributed by atoms with E-state index in [1.165, 1.54) is 6.20 Å². The van der Waals surface area contributed by atoms with Crippen molar-refractivity contribution in [2.24, 2.45) is 0 Å². The van der Waals surface area contributed by atoms with E-state index in [0.29, 0.717) is 12.2 Å². The third-order valence-electron chi connectivity index (χ3n) is 7.22. The van der Waals surface area contributed by atoms with Gasteiger partial charge in [0.25, 0.3) is 0 Å². The third-order valence-corrected chi connectivity index (χ3v) is 8.65. The Balaban J connectivity index is 1.15. The summed E-state index contributed by atoms with van der Waals surface area (Å²) in [7, 11) is -1.88. The zero-order valence-corrected chi connectivity index (χ0v) is 20.6. The molecule has 6 rings (SSSR count). The second-order valence-corrected chi connectivity index (χ2v) is 11.1. The number of hydrogen-bond donors (Lipinski definition) is 3. The second-order valence-electron chi connectivity index (χ2n) is 9.36. The molecule has 1 aromatic carbocycles. The van der Waals surface area contributed by atoms with Gasteiger partial charge < -0.3 is 19.9 Å². The molecule has 3 atom stereocenters. The molecule has 0 radical (unpaired) electrons. The van der Waals surface area contributed by atoms with Crippen LogP contribution >= 0.6 is 0 Å². The Hall–Kier alpha value is -3.54. The lowest BCUT2D eigenvalue weighted by Crippen LogP contribution is -2.35. The SMILES string of the molecule is CN(c1ccc(S(=O)(=O)NC2c3ccccc3C[C@H]2O)cn1)[C@@H]1CCN(c2ncnc3[nH]ccc23)C1. The molecule has 1 fully saturated rings. The van der Waals surface area contributed by atoms with Gasteiger partial charge in [-0.05, 0) is 35.7 Å². The number of aromatic amines is 1. The van der Waals surface area contributed by atoms with Crippen LogP contribution in [0.4, 0.5) is 11.6 Å². The van der Waals surface area contributed by atoms with E-state index in [0.717, 1.165) is 47.5 Å². The molecule has 0 saturated carbocycles. The Labute approximate surface area is 209 Å². The topological polar surface area (TPSA) is 127 Å². The lowest BCUT2D eigenvalue weighted by molar-refractivity contribution is 0.151. The van der Waals surface area contributed by atoms with Crippen molar-refractivity contribution in [2.75, 3.05) is 29.9 Å². The number of benzene rings is 1. The number of hydrogen-bond acceptors (Lipinski definition) is 8. The molecule has 11 heteroatoms. The average molecular weight is 506 g/mol. The van der Waals surface area contributed by atoms with E-state index in [4.69, 9.17) is 0 Å². The van der Waals surface area contributed by atoms with Gasteiger partial charge in [0.2, 0.25) is 10.0 Å². The highest BCUT2D eigenvalue weighted by Crippen LogP contribution is 2.33. The summed E-state index contributed by atoms with van der Waals surface area (Å²) < 4.78 is 28.8. The Kier molecular flexibility index (Phi) is 5.62. The van der Waals surface area contributed by atoms with E-state index in [9.17, 15) is 13.5 Å². The number of anilines is 2. The number of aliphatic hydroxyl groups excluding tert-OH is 1. The number of fused-ring (bicyclic) bond motifs is 2. The standard InChI is InChI=1S/C25H27N7O3S/c1-31(17-9-11-32(14-17)25-20-8-10-26-24(20)28-15-29-25)22-7-6-18(13-27-22)36(34,35)30-23-19-5-3-2-4-16(19)12-21(23)33/h2-8,10,13,15,17,21,23,30,33H,9,11-12,14H2,1H3,(H,26,28,29)/t17-,21-,23?/m1/s1. The fourth-order valence-corrected chi connectivity index (χ4v) is 6.43. The van der Waals surface area contributed by atoms with Gasteiger partial charge in [0.05, 0.1) is 17.5 Å². The van der Waals surface area contributed by atoms with Crippen molar-refractivity contribution in [3.63, 3.8) is 0 Å². The molecular weight excluding hydrogens is 478 g/mol. The first-order chi connectivity index (χ1) is 17.4. The minimum atomic E-state index is -3.86. The van der Waals surface area contributed by atoms with Crippen LogP contribution in [-0.4, -0.2) is 65.7 Å². The lowest BCUT2D eigenvalue weighted by atomic mass is 10.1. The van der Waals surface area contributed by atoms with Crippen LogP contribution in [0.1, 0.15) is 23.6 Å². The van der Waals surface area contributed by atoms with Crippen molar-refractivity contribution in [1.82, 2.24) is 24.7 Å². The molecule has 3 aromatic heterocycles. The van der Waals surface area contributed by atoms with E-state index in [1.54, 1.807) is 18.5 Å². The van der Waals surface area contributed by atoms with Crippen LogP contribution in [0.5, 0.6) is 0 Å². The minimum Gasteiger partial charge on any atom is -0.391 e. The van der Waals surface area contributed by atoms with Crippen molar-refractivity contribution >= 4 is 32.7 Å². The van der Waals surface area contributed by atoms with Crippen molar-refractivity contribution in [1.29, 1.82) is 0 Å². The molecule has 10 nitrogen and oxygen atoms in total. The molecule has 186 valence electrons. The van der Waals surface area contributed by atoms with Gasteiger partial charge in [-0.25, -0.2) is 28.1 Å². The summed E-state index contributed by atoms with van der Waals surface area (Å²) in [5.41, 5.74) is 2.58. The Morgan fingerprint density at radius 1 is 1.14 bits per heavy atom. The Morgan fingerprint density at radius 3 is 2.83 bits per heavy atom. The molecule has 1 unspecified atom stereocenters. The van der Waals surface area contributed by atoms with Crippen LogP contribution < -0.4 is 14.5 Å². The highest BCUT2D eigenvalue weighted by Gasteiger charge is 2.34. The van der Waals surface area contributed by atoms with Gasteiger partial charge in [-0.2, -0.15) is 0 Å². The lowest BCUT2D eigenvalue weighted by Gasteiger charge is -2.26. The molecule has 1 aliphatic carbocycles. The number of rotatable bonds is 6. The van der Waals surface area contributed by atoms with E-state index in [-0.39, 0.29) is 10.9 Å². The maximum absolute atomic E-state index is 13.1. The van der Waals surface area contributed by atoms with Crippen molar-refractivity contribution in [3.05, 3.63) is 72.3 Å². The first-order valence-corrected chi connectivity index (χ1v) is 13.4. The third kappa shape index (κ3) is 3.98. The largest absolute Gasteiger partial charge is 0.391 e. The van der Waals surface area contributed by atoms with E-state index < -0.39 is 22.2 Å². The van der Waals surface area contributed by atoms with E-state index >= 15 is 0 Å². The molecule has 0 spiro atoms. The first kappa shape index (κ1) is 22.9. The zero-order chi connectivity index (χ0) is 24.9. The molecule has 4 aromatic rings. The normalized spacial score (nSPS) is 21.7. The molecule has 1 saturated heterocycles. The molecule has 36 heavy (non-hydrogen) atoms. The molecular formula is C25H27N7O3S. The highest BCUT2D eigenvalue weighted by atomic mass is 32.2. The van der Waals surface area contributed by atoms with Crippen molar-refractivity contribution in [3.8, 4) is 0 Å². The van der Waals surface area contributed by atoms with E-state index in [2.05, 4.69) is 34.5 Å². The minimum absolute atomic E-state index is 0.0696. The smallest absolute Gasteiger partial charge is 0.242 e. The molecule has 4 heterocycles. The summed E-state index contributed by atoms with van der Waals surface area (Å²) in [4.78, 5) is 20.7. The summed E-state index contributed by atoms with van der Waals surface area (Å²) in [5.74, 6) is 1.61. The fraction of sp³-hybridized carbons (Fsp3) is 0.320. The molecule has 2 aliphatic rings. The Morgan fingerprint density at radius 2 is 2.00 bits per heavy atom. The molecule has 3 N–H and O–H groups in total. The van der Waals surface area contributed by atoms with Crippen LogP contribution in [-0.2, 0) is 16.4 Å². The van der Waals surface area contributed by atoms with E-state index in [1.807, 2.05) is 43.6 Å². The summed E-state index contributed by atoms with van der Waals surface area (Å²) in [5, 5.41) is 11.4. The van der Waals surface area contributed by atoms with Crippen molar-refractivity contribution in [2.45, 2.75) is 35.9 Å². The van der Waals surface area contributed by atoms with Crippen LogP contribution in [0.3, 0.4) is 0 Å². The van der Waals surface area contributed by atoms with Gasteiger partial charge in [0.15, 0.2) is 0 Å². The van der Waals surface area contributed by atoms with Gasteiger partial charge in [0.1, 0.15) is 28.5 Å². The monoisotopic (exact) mass is 505 g/mol. The second kappa shape index (κ2) is 8.84. The predicted molar refractivity (Wildman–Crippen MR) is 136 cm³/mol. The fourth-order valence-electron chi connectivity index (χ4n) is 5.24. The molecule has 0 amide bonds. The van der Waals surface area contributed by atoms with Gasteiger partial charge in [-0.3, -0.25) is 0 Å². The molecule has 1 aliphatic heterocycles. The number of pyridine rings is 1. The van der Waals surface area contributed by atoms with Gasteiger partial charge in [-0.1, -0.05) is 24.3 Å². The Bertz CT molecular complexity index is 1510. The van der Waals surface area contributed by atoms with Crippen LogP contribution in [0, 0.1) is 0 Å². The predicted octanol–water partition coefficient (Wildman–Crippen LogP) is 2.00. The summed E-state index contributed by atoms with van der Waals surface area (Å²) >= 11 is 0. The number of aliphatic hydroxyl groups is 1. The average Bonchev–Trinajstić information content (AvgIpc) is 3.63. The number of nitrogens with zero attached hydrogens (tertiary/aromatic N) is 5. The van der Waals surface area contributed by atoms with Gasteiger partial charge in [-0.15, -0.1) is 0 Å². The van der Waals surface area contributed by atoms with Crippen LogP contribution in [0.2, 0.25) is 0 Å².